The number of aryl methyl sites for hydroxylation is 1. The van der Waals surface area contributed by atoms with Crippen molar-refractivity contribution in [3.8, 4) is 11.4 Å². The van der Waals surface area contributed by atoms with Gasteiger partial charge in [0.1, 0.15) is 18.0 Å². The van der Waals surface area contributed by atoms with E-state index in [1.165, 1.54) is 29.1 Å². The van der Waals surface area contributed by atoms with Crippen LogP contribution >= 0.6 is 0 Å². The van der Waals surface area contributed by atoms with Crippen LogP contribution in [0.4, 0.5) is 20.4 Å². The van der Waals surface area contributed by atoms with E-state index in [2.05, 4.69) is 15.4 Å². The molecule has 190 valence electrons. The zero-order valence-electron chi connectivity index (χ0n) is 20.2. The van der Waals surface area contributed by atoms with Crippen molar-refractivity contribution in [2.45, 2.75) is 19.5 Å². The number of hydrogen-bond acceptors (Lipinski definition) is 7. The van der Waals surface area contributed by atoms with Gasteiger partial charge in [0.05, 0.1) is 29.2 Å². The predicted molar refractivity (Wildman–Crippen MR) is 140 cm³/mol. The molecule has 1 unspecified atom stereocenters. The number of nitrogens with one attached hydrogen (secondary N) is 1. The van der Waals surface area contributed by atoms with Crippen molar-refractivity contribution in [1.29, 1.82) is 0 Å². The first kappa shape index (κ1) is 23.6. The summed E-state index contributed by atoms with van der Waals surface area (Å²) in [5.74, 6) is -1.13. The Bertz CT molecular complexity index is 1790. The number of hydrogen-bond donors (Lipinski definition) is 3. The van der Waals surface area contributed by atoms with Gasteiger partial charge in [0.25, 0.3) is 5.56 Å². The standard InChI is InChI=1S/C28H22F2N6O2/c1-15-5-4-6-16-11-18(36(28(38)23(15)16)21-8-3-2-7-19(21)29)13-35-27-24(26(31)32-14-33-27)25(34-35)17-9-10-20(30)22(37)12-17/h2-12,14,25,34,37H,13H2,1H3,(H2,31,32,33). The third-order valence-electron chi connectivity index (χ3n) is 6.77. The summed E-state index contributed by atoms with van der Waals surface area (Å²) < 4.78 is 30.1. The molecular weight excluding hydrogens is 490 g/mol. The SMILES string of the molecule is Cc1cccc2cc(CN3NC(c4ccc(F)c(O)c4)c4c(N)ncnc43)n(-c3ccccc3F)c(=O)c12. The number of phenols is 1. The van der Waals surface area contributed by atoms with E-state index < -0.39 is 23.4 Å². The molecule has 0 saturated carbocycles. The average Bonchev–Trinajstić information content (AvgIpc) is 3.26. The first-order chi connectivity index (χ1) is 18.3. The number of hydrazine groups is 1. The molecule has 1 atom stereocenters. The van der Waals surface area contributed by atoms with Crippen molar-refractivity contribution in [3.63, 3.8) is 0 Å². The number of benzene rings is 3. The third kappa shape index (κ3) is 3.73. The summed E-state index contributed by atoms with van der Waals surface area (Å²) in [6.45, 7) is 1.94. The van der Waals surface area contributed by atoms with Crippen LogP contribution in [0.3, 0.4) is 0 Å². The largest absolute Gasteiger partial charge is 0.505 e. The number of para-hydroxylation sites is 1. The van der Waals surface area contributed by atoms with Crippen molar-refractivity contribution in [3.05, 3.63) is 117 Å². The molecule has 8 nitrogen and oxygen atoms in total. The van der Waals surface area contributed by atoms with Gasteiger partial charge in [-0.1, -0.05) is 36.4 Å². The number of nitrogens with zero attached hydrogens (tertiary/aromatic N) is 4. The van der Waals surface area contributed by atoms with Crippen molar-refractivity contribution in [2.75, 3.05) is 10.7 Å². The summed E-state index contributed by atoms with van der Waals surface area (Å²) in [6, 6.07) is 16.9. The van der Waals surface area contributed by atoms with Crippen LogP contribution in [0.25, 0.3) is 16.5 Å². The molecular formula is C28H22F2N6O2. The monoisotopic (exact) mass is 512 g/mol. The molecule has 4 N–H and O–H groups in total. The molecule has 3 heterocycles. The minimum atomic E-state index is -0.749. The van der Waals surface area contributed by atoms with Gasteiger partial charge in [-0.3, -0.25) is 14.4 Å². The molecule has 0 amide bonds. The number of aromatic nitrogens is 3. The molecule has 38 heavy (non-hydrogen) atoms. The molecule has 10 heteroatoms. The summed E-state index contributed by atoms with van der Waals surface area (Å²) in [5.41, 5.74) is 11.6. The van der Waals surface area contributed by atoms with Crippen molar-refractivity contribution in [1.82, 2.24) is 20.0 Å². The highest BCUT2D eigenvalue weighted by molar-refractivity contribution is 5.85. The van der Waals surface area contributed by atoms with Gasteiger partial charge in [0.2, 0.25) is 0 Å². The molecule has 3 aromatic carbocycles. The highest BCUT2D eigenvalue weighted by atomic mass is 19.1. The van der Waals surface area contributed by atoms with Crippen molar-refractivity contribution in [2.24, 2.45) is 0 Å². The van der Waals surface area contributed by atoms with E-state index in [0.29, 0.717) is 28.0 Å². The van der Waals surface area contributed by atoms with Crippen LogP contribution in [-0.4, -0.2) is 19.6 Å². The smallest absolute Gasteiger partial charge is 0.263 e. The van der Waals surface area contributed by atoms with Crippen LogP contribution in [0.2, 0.25) is 0 Å². The number of halogens is 2. The fourth-order valence-corrected chi connectivity index (χ4v) is 5.01. The van der Waals surface area contributed by atoms with Crippen molar-refractivity contribution >= 4 is 22.4 Å². The second-order valence-corrected chi connectivity index (χ2v) is 9.12. The molecule has 0 aliphatic carbocycles. The summed E-state index contributed by atoms with van der Waals surface area (Å²) in [7, 11) is 0. The summed E-state index contributed by atoms with van der Waals surface area (Å²) in [5, 5.41) is 12.9. The predicted octanol–water partition coefficient (Wildman–Crippen LogP) is 4.27. The Hall–Kier alpha value is -4.83. The van der Waals surface area contributed by atoms with Crippen LogP contribution < -0.4 is 21.7 Å². The number of anilines is 2. The molecule has 1 aliphatic heterocycles. The number of rotatable bonds is 4. The number of phenolic OH excluding ortho intramolecular Hbond substituents is 1. The van der Waals surface area contributed by atoms with Gasteiger partial charge in [0, 0.05) is 5.69 Å². The van der Waals surface area contributed by atoms with Crippen LogP contribution in [0.5, 0.6) is 5.75 Å². The van der Waals surface area contributed by atoms with Crippen LogP contribution in [0.1, 0.15) is 28.4 Å². The van der Waals surface area contributed by atoms with Crippen molar-refractivity contribution < 1.29 is 13.9 Å². The Kier molecular flexibility index (Phi) is 5.54. The Morgan fingerprint density at radius 1 is 1.03 bits per heavy atom. The van der Waals surface area contributed by atoms with Gasteiger partial charge >= 0.3 is 0 Å². The number of aromatic hydroxyl groups is 1. The highest BCUT2D eigenvalue weighted by Gasteiger charge is 2.34. The molecule has 0 saturated heterocycles. The number of nitrogen functional groups attached to an aromatic ring is 1. The summed E-state index contributed by atoms with van der Waals surface area (Å²) in [4.78, 5) is 22.3. The van der Waals surface area contributed by atoms with Crippen LogP contribution in [0, 0.1) is 18.6 Å². The summed E-state index contributed by atoms with van der Waals surface area (Å²) >= 11 is 0. The number of nitrogens with two attached hydrogens (primary N) is 1. The van der Waals surface area contributed by atoms with E-state index in [-0.39, 0.29) is 23.6 Å². The second kappa shape index (κ2) is 8.93. The molecule has 5 aromatic rings. The van der Waals surface area contributed by atoms with E-state index in [9.17, 15) is 14.3 Å². The van der Waals surface area contributed by atoms with E-state index in [0.717, 1.165) is 17.0 Å². The number of fused-ring (bicyclic) bond motifs is 2. The molecule has 6 rings (SSSR count). The van der Waals surface area contributed by atoms with Gasteiger partial charge in [-0.2, -0.15) is 0 Å². The average molecular weight is 513 g/mol. The second-order valence-electron chi connectivity index (χ2n) is 9.12. The van der Waals surface area contributed by atoms with Crippen LogP contribution in [-0.2, 0) is 6.54 Å². The fourth-order valence-electron chi connectivity index (χ4n) is 5.01. The lowest BCUT2D eigenvalue weighted by Crippen LogP contribution is -2.37. The normalized spacial score (nSPS) is 14.7. The Morgan fingerprint density at radius 3 is 2.63 bits per heavy atom. The maximum atomic E-state index is 15.0. The lowest BCUT2D eigenvalue weighted by Gasteiger charge is -2.23. The lowest BCUT2D eigenvalue weighted by molar-refractivity contribution is 0.430. The van der Waals surface area contributed by atoms with Gasteiger partial charge in [-0.25, -0.2) is 24.2 Å². The minimum Gasteiger partial charge on any atom is -0.505 e. The Morgan fingerprint density at radius 2 is 1.84 bits per heavy atom. The molecule has 0 fully saturated rings. The Labute approximate surface area is 215 Å². The van der Waals surface area contributed by atoms with E-state index in [1.54, 1.807) is 23.2 Å². The molecule has 0 spiro atoms. The third-order valence-corrected chi connectivity index (χ3v) is 6.77. The quantitative estimate of drug-likeness (QED) is 0.330. The zero-order valence-corrected chi connectivity index (χ0v) is 20.2. The lowest BCUT2D eigenvalue weighted by atomic mass is 10.0. The molecule has 2 aromatic heterocycles. The van der Waals surface area contributed by atoms with Gasteiger partial charge < -0.3 is 10.8 Å². The number of pyridine rings is 1. The van der Waals surface area contributed by atoms with Gasteiger partial charge in [0.15, 0.2) is 17.4 Å². The molecule has 0 bridgehead atoms. The maximum Gasteiger partial charge on any atom is 0.263 e. The first-order valence-corrected chi connectivity index (χ1v) is 11.8. The fraction of sp³-hybridized carbons (Fsp3) is 0.107. The highest BCUT2D eigenvalue weighted by Crippen LogP contribution is 2.39. The molecule has 0 radical (unpaired) electrons. The molecule has 1 aliphatic rings. The van der Waals surface area contributed by atoms with E-state index in [1.807, 2.05) is 31.2 Å². The topological polar surface area (TPSA) is 109 Å². The van der Waals surface area contributed by atoms with Gasteiger partial charge in [-0.15, -0.1) is 0 Å². The zero-order chi connectivity index (χ0) is 26.6. The van der Waals surface area contributed by atoms with Crippen LogP contribution in [0.15, 0.2) is 77.9 Å². The minimum absolute atomic E-state index is 0.0978. The van der Waals surface area contributed by atoms with E-state index >= 15 is 4.39 Å². The van der Waals surface area contributed by atoms with Gasteiger partial charge in [-0.05, 0) is 53.8 Å². The van der Waals surface area contributed by atoms with E-state index in [4.69, 9.17) is 5.73 Å². The first-order valence-electron chi connectivity index (χ1n) is 11.8. The Balaban J connectivity index is 1.52. The summed E-state index contributed by atoms with van der Waals surface area (Å²) in [6.07, 6.45) is 1.32. The maximum absolute atomic E-state index is 15.0.